The fourth-order valence-electron chi connectivity index (χ4n) is 1.68. The predicted molar refractivity (Wildman–Crippen MR) is 67.5 cm³/mol. The zero-order valence-electron chi connectivity index (χ0n) is 9.86. The van der Waals surface area contributed by atoms with Gasteiger partial charge in [0.25, 0.3) is 5.56 Å². The monoisotopic (exact) mass is 266 g/mol. The Hall–Kier alpha value is -2.01. The molecule has 0 amide bonds. The highest BCUT2D eigenvalue weighted by atomic mass is 35.5. The van der Waals surface area contributed by atoms with Crippen molar-refractivity contribution in [3.05, 3.63) is 50.9 Å². The van der Waals surface area contributed by atoms with Crippen LogP contribution in [0.1, 0.15) is 16.1 Å². The van der Waals surface area contributed by atoms with E-state index in [2.05, 4.69) is 9.84 Å². The highest BCUT2D eigenvalue weighted by molar-refractivity contribution is 6.32. The number of carbonyl (C=O) groups is 1. The number of ether oxygens (including phenoxy) is 1. The van der Waals surface area contributed by atoms with E-state index in [4.69, 9.17) is 11.6 Å². The Labute approximate surface area is 108 Å². The zero-order chi connectivity index (χ0) is 13.3. The third-order valence-corrected chi connectivity index (χ3v) is 2.84. The molecule has 94 valence electrons. The number of hydrogen-bond donors (Lipinski definition) is 1. The fraction of sp³-hybridized carbons (Fsp3) is 0.167. The van der Waals surface area contributed by atoms with Crippen molar-refractivity contribution in [1.82, 2.24) is 9.78 Å². The molecule has 6 heteroatoms. The summed E-state index contributed by atoms with van der Waals surface area (Å²) in [5.74, 6) is -0.601. The van der Waals surface area contributed by atoms with E-state index in [0.29, 0.717) is 10.7 Å². The predicted octanol–water partition coefficient (Wildman–Crippen LogP) is 1.91. The molecule has 0 bridgehead atoms. The van der Waals surface area contributed by atoms with Crippen LogP contribution in [0.15, 0.2) is 29.1 Å². The Morgan fingerprint density at radius 1 is 1.44 bits per heavy atom. The summed E-state index contributed by atoms with van der Waals surface area (Å²) in [4.78, 5) is 23.2. The number of halogens is 1. The van der Waals surface area contributed by atoms with Gasteiger partial charge in [0.1, 0.15) is 5.69 Å². The lowest BCUT2D eigenvalue weighted by Gasteiger charge is -2.08. The third kappa shape index (κ3) is 2.04. The minimum atomic E-state index is -0.601. The number of methoxy groups -OCH3 is 1. The van der Waals surface area contributed by atoms with Gasteiger partial charge in [0.15, 0.2) is 0 Å². The Balaban J connectivity index is 2.62. The molecule has 0 unspecified atom stereocenters. The van der Waals surface area contributed by atoms with E-state index >= 15 is 0 Å². The fourth-order valence-corrected chi connectivity index (χ4v) is 1.99. The average molecular weight is 267 g/mol. The largest absolute Gasteiger partial charge is 0.464 e. The number of rotatable bonds is 2. The lowest BCUT2D eigenvalue weighted by molar-refractivity contribution is 0.0593. The SMILES string of the molecule is COC(=O)c1cc(=O)n(-c2c(C)cccc2Cl)[nH]1. The van der Waals surface area contributed by atoms with Crippen molar-refractivity contribution in [2.75, 3.05) is 7.11 Å². The van der Waals surface area contributed by atoms with Crippen LogP contribution >= 0.6 is 11.6 Å². The van der Waals surface area contributed by atoms with Crippen LogP contribution in [-0.2, 0) is 4.74 Å². The van der Waals surface area contributed by atoms with Crippen molar-refractivity contribution >= 4 is 17.6 Å². The standard InChI is InChI=1S/C12H11ClN2O3/c1-7-4-3-5-8(13)11(7)15-10(16)6-9(14-15)12(17)18-2/h3-6,14H,1-2H3. The Morgan fingerprint density at radius 3 is 2.78 bits per heavy atom. The van der Waals surface area contributed by atoms with Crippen molar-refractivity contribution < 1.29 is 9.53 Å². The summed E-state index contributed by atoms with van der Waals surface area (Å²) in [5, 5.41) is 3.10. The second kappa shape index (κ2) is 4.70. The first kappa shape index (κ1) is 12.4. The molecular formula is C12H11ClN2O3. The molecule has 0 atom stereocenters. The van der Waals surface area contributed by atoms with Crippen LogP contribution in [0.4, 0.5) is 0 Å². The van der Waals surface area contributed by atoms with Gasteiger partial charge in [0.2, 0.25) is 0 Å². The van der Waals surface area contributed by atoms with Gasteiger partial charge >= 0.3 is 5.97 Å². The molecule has 1 heterocycles. The minimum absolute atomic E-state index is 0.0850. The Kier molecular flexibility index (Phi) is 3.25. The molecule has 0 spiro atoms. The normalized spacial score (nSPS) is 10.4. The number of benzene rings is 1. The second-order valence-corrected chi connectivity index (χ2v) is 4.15. The molecular weight excluding hydrogens is 256 g/mol. The molecule has 0 aliphatic rings. The maximum atomic E-state index is 11.8. The number of carbonyl (C=O) groups excluding carboxylic acids is 1. The van der Waals surface area contributed by atoms with Gasteiger partial charge in [-0.1, -0.05) is 23.7 Å². The van der Waals surface area contributed by atoms with Crippen LogP contribution in [0.3, 0.4) is 0 Å². The summed E-state index contributed by atoms with van der Waals surface area (Å²) in [5.41, 5.74) is 1.07. The van der Waals surface area contributed by atoms with Crippen LogP contribution < -0.4 is 5.56 Å². The van der Waals surface area contributed by atoms with Gasteiger partial charge in [0.05, 0.1) is 17.8 Å². The van der Waals surface area contributed by atoms with Gasteiger partial charge in [-0.3, -0.25) is 9.89 Å². The summed E-state index contributed by atoms with van der Waals surface area (Å²) in [6.45, 7) is 1.83. The smallest absolute Gasteiger partial charge is 0.356 e. The van der Waals surface area contributed by atoms with Crippen molar-refractivity contribution in [3.63, 3.8) is 0 Å². The first-order chi connectivity index (χ1) is 8.54. The average Bonchev–Trinajstić information content (AvgIpc) is 2.70. The van der Waals surface area contributed by atoms with Crippen LogP contribution in [0.5, 0.6) is 0 Å². The zero-order valence-corrected chi connectivity index (χ0v) is 10.6. The molecule has 1 aromatic carbocycles. The third-order valence-electron chi connectivity index (χ3n) is 2.54. The molecule has 1 N–H and O–H groups in total. The van der Waals surface area contributed by atoms with Crippen molar-refractivity contribution in [2.24, 2.45) is 0 Å². The second-order valence-electron chi connectivity index (χ2n) is 3.74. The maximum Gasteiger partial charge on any atom is 0.356 e. The van der Waals surface area contributed by atoms with Gasteiger partial charge in [-0.25, -0.2) is 9.48 Å². The molecule has 1 aromatic heterocycles. The lowest BCUT2D eigenvalue weighted by atomic mass is 10.2. The van der Waals surface area contributed by atoms with Crippen molar-refractivity contribution in [3.8, 4) is 5.69 Å². The highest BCUT2D eigenvalue weighted by Gasteiger charge is 2.15. The van der Waals surface area contributed by atoms with Crippen LogP contribution in [-0.4, -0.2) is 22.9 Å². The number of aromatic amines is 1. The number of esters is 1. The van der Waals surface area contributed by atoms with Crippen LogP contribution in [0.2, 0.25) is 5.02 Å². The molecule has 0 aliphatic carbocycles. The number of nitrogens with one attached hydrogen (secondary N) is 1. The molecule has 2 rings (SSSR count). The first-order valence-electron chi connectivity index (χ1n) is 5.20. The summed E-state index contributed by atoms with van der Waals surface area (Å²) < 4.78 is 5.77. The summed E-state index contributed by atoms with van der Waals surface area (Å²) >= 11 is 6.06. The summed E-state index contributed by atoms with van der Waals surface area (Å²) in [6.07, 6.45) is 0. The Morgan fingerprint density at radius 2 is 2.17 bits per heavy atom. The van der Waals surface area contributed by atoms with Crippen molar-refractivity contribution in [2.45, 2.75) is 6.92 Å². The highest BCUT2D eigenvalue weighted by Crippen LogP contribution is 2.22. The molecule has 0 aliphatic heterocycles. The van der Waals surface area contributed by atoms with E-state index < -0.39 is 5.97 Å². The maximum absolute atomic E-state index is 11.8. The van der Waals surface area contributed by atoms with E-state index in [-0.39, 0.29) is 11.3 Å². The van der Waals surface area contributed by atoms with Crippen LogP contribution in [0.25, 0.3) is 5.69 Å². The van der Waals surface area contributed by atoms with Gasteiger partial charge in [-0.05, 0) is 18.6 Å². The number of aryl methyl sites for hydroxylation is 1. The van der Waals surface area contributed by atoms with Crippen molar-refractivity contribution in [1.29, 1.82) is 0 Å². The summed E-state index contributed by atoms with van der Waals surface area (Å²) in [6, 6.07) is 6.46. The molecule has 2 aromatic rings. The van der Waals surface area contributed by atoms with E-state index in [1.165, 1.54) is 17.9 Å². The first-order valence-corrected chi connectivity index (χ1v) is 5.58. The molecule has 5 nitrogen and oxygen atoms in total. The minimum Gasteiger partial charge on any atom is -0.464 e. The Bertz CT molecular complexity index is 637. The summed E-state index contributed by atoms with van der Waals surface area (Å²) in [7, 11) is 1.25. The van der Waals surface area contributed by atoms with E-state index in [9.17, 15) is 9.59 Å². The van der Waals surface area contributed by atoms with Crippen LogP contribution in [0, 0.1) is 6.92 Å². The number of para-hydroxylation sites is 1. The molecule has 18 heavy (non-hydrogen) atoms. The quantitative estimate of drug-likeness (QED) is 0.845. The molecule has 0 saturated carbocycles. The molecule has 0 saturated heterocycles. The van der Waals surface area contributed by atoms with Gasteiger partial charge in [0, 0.05) is 6.07 Å². The molecule has 0 radical (unpaired) electrons. The number of aromatic nitrogens is 2. The van der Waals surface area contributed by atoms with Gasteiger partial charge < -0.3 is 4.74 Å². The van der Waals surface area contributed by atoms with E-state index in [0.717, 1.165) is 5.56 Å². The number of hydrogen-bond acceptors (Lipinski definition) is 3. The van der Waals surface area contributed by atoms with Gasteiger partial charge in [-0.15, -0.1) is 0 Å². The van der Waals surface area contributed by atoms with E-state index in [1.807, 2.05) is 13.0 Å². The van der Waals surface area contributed by atoms with E-state index in [1.54, 1.807) is 12.1 Å². The molecule has 0 fully saturated rings. The lowest BCUT2D eigenvalue weighted by Crippen LogP contribution is -2.15. The number of nitrogens with zero attached hydrogens (tertiary/aromatic N) is 1. The topological polar surface area (TPSA) is 64.1 Å². The number of H-pyrrole nitrogens is 1. The van der Waals surface area contributed by atoms with Gasteiger partial charge in [-0.2, -0.15) is 0 Å².